The number of aromatic nitrogens is 1. The summed E-state index contributed by atoms with van der Waals surface area (Å²) in [6.45, 7) is 2.36. The minimum atomic E-state index is -3.28. The van der Waals surface area contributed by atoms with Crippen molar-refractivity contribution in [3.05, 3.63) is 36.0 Å². The van der Waals surface area contributed by atoms with Crippen molar-refractivity contribution in [2.75, 3.05) is 24.2 Å². The van der Waals surface area contributed by atoms with Gasteiger partial charge in [-0.25, -0.2) is 18.1 Å². The van der Waals surface area contributed by atoms with Crippen LogP contribution in [0.15, 0.2) is 30.5 Å². The molecule has 0 aliphatic rings. The molecule has 0 aliphatic carbocycles. The third kappa shape index (κ3) is 5.50. The average Bonchev–Trinajstić information content (AvgIpc) is 2.42. The Morgan fingerprint density at radius 1 is 1.47 bits per heavy atom. The predicted octanol–water partition coefficient (Wildman–Crippen LogP) is 0.861. The summed E-state index contributed by atoms with van der Waals surface area (Å²) in [7, 11) is -3.28. The van der Waals surface area contributed by atoms with Crippen molar-refractivity contribution < 1.29 is 8.42 Å². The van der Waals surface area contributed by atoms with Crippen LogP contribution >= 0.6 is 0 Å². The second kappa shape index (κ2) is 7.51. The van der Waals surface area contributed by atoms with Gasteiger partial charge in [-0.05, 0) is 19.1 Å². The lowest BCUT2D eigenvalue weighted by atomic mass is 10.3. The molecule has 2 N–H and O–H groups in total. The highest BCUT2D eigenvalue weighted by Gasteiger charge is 2.06. The lowest BCUT2D eigenvalue weighted by Gasteiger charge is -2.07. The zero-order valence-electron chi connectivity index (χ0n) is 10.6. The Morgan fingerprint density at radius 3 is 2.95 bits per heavy atom. The minimum Gasteiger partial charge on any atom is -0.368 e. The zero-order chi connectivity index (χ0) is 14.1. The standard InChI is InChI=1S/C12H16N4O2S/c1-2-3-9-19(17,18)16-8-7-15-12-11(10-13)5-4-6-14-12/h2-6,16H,7-9H2,1H3,(H,14,15)/b3-2+. The van der Waals surface area contributed by atoms with E-state index in [2.05, 4.69) is 15.0 Å². The molecule has 1 aromatic heterocycles. The van der Waals surface area contributed by atoms with Crippen molar-refractivity contribution in [3.8, 4) is 6.07 Å². The minimum absolute atomic E-state index is 0.0312. The van der Waals surface area contributed by atoms with Crippen molar-refractivity contribution >= 4 is 15.8 Å². The molecule has 0 unspecified atom stereocenters. The third-order valence-electron chi connectivity index (χ3n) is 2.22. The molecule has 0 fully saturated rings. The Balaban J connectivity index is 2.41. The van der Waals surface area contributed by atoms with Gasteiger partial charge in [-0.1, -0.05) is 12.2 Å². The van der Waals surface area contributed by atoms with E-state index in [1.807, 2.05) is 6.07 Å². The molecule has 6 nitrogen and oxygen atoms in total. The van der Waals surface area contributed by atoms with E-state index in [1.165, 1.54) is 0 Å². The van der Waals surface area contributed by atoms with Gasteiger partial charge in [0, 0.05) is 19.3 Å². The van der Waals surface area contributed by atoms with E-state index in [4.69, 9.17) is 5.26 Å². The van der Waals surface area contributed by atoms with Gasteiger partial charge in [-0.3, -0.25) is 0 Å². The Morgan fingerprint density at radius 2 is 2.26 bits per heavy atom. The van der Waals surface area contributed by atoms with Crippen LogP contribution in [0.5, 0.6) is 0 Å². The number of rotatable bonds is 7. The lowest BCUT2D eigenvalue weighted by Crippen LogP contribution is -2.30. The number of nitrogens with zero attached hydrogens (tertiary/aromatic N) is 2. The predicted molar refractivity (Wildman–Crippen MR) is 74.0 cm³/mol. The van der Waals surface area contributed by atoms with Crippen molar-refractivity contribution in [2.45, 2.75) is 6.92 Å². The maximum absolute atomic E-state index is 11.5. The summed E-state index contributed by atoms with van der Waals surface area (Å²) in [5, 5.41) is 11.8. The van der Waals surface area contributed by atoms with E-state index in [-0.39, 0.29) is 12.3 Å². The smallest absolute Gasteiger partial charge is 0.215 e. The Hall–Kier alpha value is -1.91. The first-order valence-corrected chi connectivity index (χ1v) is 7.42. The van der Waals surface area contributed by atoms with Crippen LogP contribution in [0.4, 0.5) is 5.82 Å². The van der Waals surface area contributed by atoms with Crippen LogP contribution in [0.3, 0.4) is 0 Å². The van der Waals surface area contributed by atoms with Crippen molar-refractivity contribution in [1.82, 2.24) is 9.71 Å². The van der Waals surface area contributed by atoms with Crippen LogP contribution in [0, 0.1) is 11.3 Å². The number of nitriles is 1. The second-order valence-corrected chi connectivity index (χ2v) is 5.53. The van der Waals surface area contributed by atoms with Crippen LogP contribution in [0.1, 0.15) is 12.5 Å². The van der Waals surface area contributed by atoms with E-state index in [0.717, 1.165) is 0 Å². The molecule has 0 radical (unpaired) electrons. The fraction of sp³-hybridized carbons (Fsp3) is 0.333. The molecule has 0 amide bonds. The molecule has 0 saturated heterocycles. The molecular weight excluding hydrogens is 264 g/mol. The summed E-state index contributed by atoms with van der Waals surface area (Å²) in [6.07, 6.45) is 4.83. The van der Waals surface area contributed by atoms with Gasteiger partial charge in [0.25, 0.3) is 0 Å². The van der Waals surface area contributed by atoms with Crippen molar-refractivity contribution in [1.29, 1.82) is 5.26 Å². The van der Waals surface area contributed by atoms with Crippen LogP contribution in [-0.2, 0) is 10.0 Å². The van der Waals surface area contributed by atoms with Crippen molar-refractivity contribution in [3.63, 3.8) is 0 Å². The van der Waals surface area contributed by atoms with Crippen LogP contribution < -0.4 is 10.0 Å². The summed E-state index contributed by atoms with van der Waals surface area (Å²) in [5.41, 5.74) is 0.430. The fourth-order valence-electron chi connectivity index (χ4n) is 1.31. The van der Waals surface area contributed by atoms with E-state index < -0.39 is 10.0 Å². The molecule has 7 heteroatoms. The van der Waals surface area contributed by atoms with Gasteiger partial charge >= 0.3 is 0 Å². The number of allylic oxidation sites excluding steroid dienone is 1. The number of sulfonamides is 1. The molecular formula is C12H16N4O2S. The maximum Gasteiger partial charge on any atom is 0.215 e. The van der Waals surface area contributed by atoms with Crippen LogP contribution in [-0.4, -0.2) is 32.2 Å². The second-order valence-electron chi connectivity index (χ2n) is 3.68. The molecule has 0 aliphatic heterocycles. The molecule has 0 spiro atoms. The van der Waals surface area contributed by atoms with E-state index in [1.54, 1.807) is 37.4 Å². The largest absolute Gasteiger partial charge is 0.368 e. The van der Waals surface area contributed by atoms with Gasteiger partial charge in [0.15, 0.2) is 0 Å². The Labute approximate surface area is 113 Å². The lowest BCUT2D eigenvalue weighted by molar-refractivity contribution is 0.586. The molecule has 1 rings (SSSR count). The first kappa shape index (κ1) is 15.1. The van der Waals surface area contributed by atoms with E-state index >= 15 is 0 Å². The molecule has 0 saturated carbocycles. The summed E-state index contributed by atoms with van der Waals surface area (Å²) in [4.78, 5) is 4.01. The Kier molecular flexibility index (Phi) is 5.99. The molecule has 0 bridgehead atoms. The first-order chi connectivity index (χ1) is 9.09. The van der Waals surface area contributed by atoms with Gasteiger partial charge in [0.05, 0.1) is 11.3 Å². The Bertz CT molecular complexity index is 576. The van der Waals surface area contributed by atoms with Crippen LogP contribution in [0.25, 0.3) is 0 Å². The molecule has 1 heterocycles. The quantitative estimate of drug-likeness (QED) is 0.570. The molecule has 0 atom stereocenters. The molecule has 19 heavy (non-hydrogen) atoms. The average molecular weight is 280 g/mol. The third-order valence-corrected chi connectivity index (χ3v) is 3.49. The number of hydrogen-bond acceptors (Lipinski definition) is 5. The van der Waals surface area contributed by atoms with Crippen LogP contribution in [0.2, 0.25) is 0 Å². The monoisotopic (exact) mass is 280 g/mol. The number of nitrogens with one attached hydrogen (secondary N) is 2. The summed E-state index contributed by atoms with van der Waals surface area (Å²) < 4.78 is 25.4. The maximum atomic E-state index is 11.5. The van der Waals surface area contributed by atoms with Gasteiger partial charge in [-0.2, -0.15) is 5.26 Å². The first-order valence-electron chi connectivity index (χ1n) is 5.76. The summed E-state index contributed by atoms with van der Waals surface area (Å²) in [5.74, 6) is 0.425. The highest BCUT2D eigenvalue weighted by molar-refractivity contribution is 7.89. The normalized spacial score (nSPS) is 11.4. The van der Waals surface area contributed by atoms with Gasteiger partial charge in [-0.15, -0.1) is 0 Å². The molecule has 0 aromatic carbocycles. The number of hydrogen-bond donors (Lipinski definition) is 2. The summed E-state index contributed by atoms with van der Waals surface area (Å²) >= 11 is 0. The zero-order valence-corrected chi connectivity index (χ0v) is 11.4. The topological polar surface area (TPSA) is 94.9 Å². The molecule has 102 valence electrons. The van der Waals surface area contributed by atoms with Gasteiger partial charge < -0.3 is 5.32 Å². The van der Waals surface area contributed by atoms with E-state index in [9.17, 15) is 8.42 Å². The van der Waals surface area contributed by atoms with Gasteiger partial charge in [0.2, 0.25) is 10.0 Å². The highest BCUT2D eigenvalue weighted by Crippen LogP contribution is 2.08. The molecule has 1 aromatic rings. The fourth-order valence-corrected chi connectivity index (χ4v) is 2.28. The SMILES string of the molecule is C/C=C/CS(=O)(=O)NCCNc1ncccc1C#N. The highest BCUT2D eigenvalue weighted by atomic mass is 32.2. The van der Waals surface area contributed by atoms with Crippen molar-refractivity contribution in [2.24, 2.45) is 0 Å². The van der Waals surface area contributed by atoms with E-state index in [0.29, 0.717) is 17.9 Å². The number of anilines is 1. The summed E-state index contributed by atoms with van der Waals surface area (Å²) in [6, 6.07) is 5.32. The number of pyridine rings is 1. The van der Waals surface area contributed by atoms with Gasteiger partial charge in [0.1, 0.15) is 11.9 Å².